The average molecular weight is 663 g/mol. The van der Waals surface area contributed by atoms with E-state index in [1.165, 1.54) is 42.3 Å². The summed E-state index contributed by atoms with van der Waals surface area (Å²) in [5.41, 5.74) is 2.81. The Bertz CT molecular complexity index is 1530. The number of aromatic nitrogens is 1. The molecular formula is C25H32F2N6O5S4. The molecule has 0 unspecified atom stereocenters. The molecule has 4 amide bonds. The van der Waals surface area contributed by atoms with Gasteiger partial charge in [-0.15, -0.1) is 11.3 Å². The molecule has 42 heavy (non-hydrogen) atoms. The van der Waals surface area contributed by atoms with Crippen LogP contribution in [-0.4, -0.2) is 80.2 Å². The molecular weight excluding hydrogens is 631 g/mol. The summed E-state index contributed by atoms with van der Waals surface area (Å²) in [7, 11) is -0.0122. The minimum atomic E-state index is -4.46. The molecule has 1 aliphatic heterocycles. The molecule has 0 radical (unpaired) electrons. The Morgan fingerprint density at radius 2 is 1.76 bits per heavy atom. The van der Waals surface area contributed by atoms with E-state index in [0.29, 0.717) is 30.1 Å². The van der Waals surface area contributed by atoms with Crippen molar-refractivity contribution < 1.29 is 31.6 Å². The maximum atomic E-state index is 13.9. The van der Waals surface area contributed by atoms with Gasteiger partial charge in [-0.1, -0.05) is 0 Å². The Kier molecular flexibility index (Phi) is 12.1. The average Bonchev–Trinajstić information content (AvgIpc) is 3.55. The second-order valence-corrected chi connectivity index (χ2v) is 12.0. The molecule has 2 aromatic carbocycles. The van der Waals surface area contributed by atoms with Gasteiger partial charge in [-0.25, -0.2) is 23.3 Å². The Hall–Kier alpha value is -2.99. The highest BCUT2D eigenvalue weighted by Crippen LogP contribution is 2.25. The molecule has 0 saturated carbocycles. The Labute approximate surface area is 260 Å². The topological polar surface area (TPSA) is 132 Å². The molecule has 0 spiro atoms. The molecule has 0 bridgehead atoms. The first-order valence-corrected chi connectivity index (χ1v) is 14.5. The lowest BCUT2D eigenvalue weighted by Gasteiger charge is -2.27. The zero-order chi connectivity index (χ0) is 29.2. The van der Waals surface area contributed by atoms with Crippen molar-refractivity contribution in [2.45, 2.75) is 31.3 Å². The van der Waals surface area contributed by atoms with E-state index in [-0.39, 0.29) is 45.5 Å². The lowest BCUT2D eigenvalue weighted by atomic mass is 10.0. The number of amides is 4. The summed E-state index contributed by atoms with van der Waals surface area (Å²) in [5.74, 6) is -2.85. The van der Waals surface area contributed by atoms with Crippen LogP contribution in [0.25, 0.3) is 10.2 Å². The number of carbonyl (C=O) groups excluding carboxylic acids is 3. The van der Waals surface area contributed by atoms with Crippen molar-refractivity contribution >= 4 is 82.3 Å². The molecule has 0 aliphatic carbocycles. The number of thiazole rings is 1. The smallest absolute Gasteiger partial charge is 0.330 e. The van der Waals surface area contributed by atoms with Crippen LogP contribution >= 0.6 is 38.3 Å². The number of urea groups is 1. The summed E-state index contributed by atoms with van der Waals surface area (Å²) in [6.45, 7) is 0.0274. The highest BCUT2D eigenvalue weighted by Gasteiger charge is 2.40. The zero-order valence-electron chi connectivity index (χ0n) is 22.9. The minimum absolute atomic E-state index is 0. The summed E-state index contributed by atoms with van der Waals surface area (Å²) in [6, 6.07) is 4.21. The first-order chi connectivity index (χ1) is 18.9. The number of benzene rings is 2. The summed E-state index contributed by atoms with van der Waals surface area (Å²) >= 11 is 1.42. The van der Waals surface area contributed by atoms with Crippen molar-refractivity contribution in [1.29, 1.82) is 0 Å². The van der Waals surface area contributed by atoms with Crippen LogP contribution in [0.3, 0.4) is 0 Å². The van der Waals surface area contributed by atoms with E-state index in [4.69, 9.17) is 0 Å². The fraction of sp³-hybridized carbons (Fsp3) is 0.360. The summed E-state index contributed by atoms with van der Waals surface area (Å²) in [6.07, 6.45) is 0.378. The third-order valence-corrected chi connectivity index (χ3v) is 8.77. The van der Waals surface area contributed by atoms with Gasteiger partial charge < -0.3 is 15.1 Å². The van der Waals surface area contributed by atoms with Crippen molar-refractivity contribution in [3.63, 3.8) is 0 Å². The third-order valence-electron chi connectivity index (χ3n) is 6.46. The molecule has 230 valence electrons. The van der Waals surface area contributed by atoms with Crippen LogP contribution in [-0.2, 0) is 26.2 Å². The molecule has 11 nitrogen and oxygen atoms in total. The van der Waals surface area contributed by atoms with E-state index in [0.717, 1.165) is 21.1 Å². The van der Waals surface area contributed by atoms with Crippen molar-refractivity contribution in [2.24, 2.45) is 0 Å². The predicted molar refractivity (Wildman–Crippen MR) is 167 cm³/mol. The van der Waals surface area contributed by atoms with E-state index in [2.05, 4.69) is 10.3 Å². The number of anilines is 1. The normalized spacial score (nSPS) is 15.7. The number of hydrogen-bond acceptors (Lipinski definition) is 7. The number of likely N-dealkylation sites (N-methyl/N-ethyl adjacent to an activating group) is 2. The van der Waals surface area contributed by atoms with Crippen molar-refractivity contribution in [3.8, 4) is 0 Å². The fourth-order valence-electron chi connectivity index (χ4n) is 4.52. The first kappa shape index (κ1) is 35.2. The molecule has 1 saturated heterocycles. The van der Waals surface area contributed by atoms with E-state index in [1.54, 1.807) is 23.7 Å². The second-order valence-electron chi connectivity index (χ2n) is 9.52. The van der Waals surface area contributed by atoms with Gasteiger partial charge in [0, 0.05) is 45.9 Å². The van der Waals surface area contributed by atoms with E-state index >= 15 is 0 Å². The molecule has 17 heteroatoms. The van der Waals surface area contributed by atoms with Crippen molar-refractivity contribution in [2.75, 3.05) is 32.6 Å². The van der Waals surface area contributed by atoms with Crippen molar-refractivity contribution in [1.82, 2.24) is 24.2 Å². The highest BCUT2D eigenvalue weighted by atomic mass is 32.2. The fourth-order valence-corrected chi connectivity index (χ4v) is 6.49. The number of carbonyl (C=O) groups is 3. The largest absolute Gasteiger partial charge is 0.347 e. The SMILES string of the molecule is CN(C)C(=O)[C@@H]1CCCN1S(=O)(=O)NC(=O)N[C@@H](Cc1cc(F)cc(F)c1)C(=O)N(C)c1ccc2scnc2c1.S.S. The van der Waals surface area contributed by atoms with Gasteiger partial charge in [0.1, 0.15) is 23.7 Å². The first-order valence-electron chi connectivity index (χ1n) is 12.2. The number of nitrogens with zero attached hydrogens (tertiary/aromatic N) is 4. The number of halogens is 2. The van der Waals surface area contributed by atoms with Gasteiger partial charge in [0.05, 0.1) is 15.7 Å². The molecule has 2 atom stereocenters. The Balaban J connectivity index is 0.00000308. The molecule has 1 fully saturated rings. The number of hydrogen-bond donors (Lipinski definition) is 2. The number of nitrogens with one attached hydrogen (secondary N) is 2. The standard InChI is InChI=1S/C25H28F2N6O5S2.2H2S/c1-31(2)24(35)21-5-4-8-33(21)40(37,38)30-25(36)29-20(11-15-9-16(26)12-17(27)10-15)23(34)32(3)18-6-7-22-19(13-18)28-14-39-22;;/h6-7,9-10,12-14,20-21H,4-5,8,11H2,1-3H3,(H2,29,30,36);2*1H2/t20-,21-;;/m0../s1. The third kappa shape index (κ3) is 8.09. The summed E-state index contributed by atoms with van der Waals surface area (Å²) in [4.78, 5) is 45.6. The second kappa shape index (κ2) is 14.5. The van der Waals surface area contributed by atoms with Gasteiger partial charge >= 0.3 is 16.2 Å². The van der Waals surface area contributed by atoms with Crippen LogP contribution in [0.15, 0.2) is 41.9 Å². The maximum absolute atomic E-state index is 13.9. The monoisotopic (exact) mass is 662 g/mol. The van der Waals surface area contributed by atoms with Crippen LogP contribution in [0.2, 0.25) is 0 Å². The Morgan fingerprint density at radius 1 is 1.10 bits per heavy atom. The quantitative estimate of drug-likeness (QED) is 0.381. The minimum Gasteiger partial charge on any atom is -0.347 e. The van der Waals surface area contributed by atoms with Gasteiger partial charge in [0.15, 0.2) is 0 Å². The van der Waals surface area contributed by atoms with E-state index < -0.39 is 51.8 Å². The number of rotatable bonds is 8. The van der Waals surface area contributed by atoms with Gasteiger partial charge in [-0.05, 0) is 48.7 Å². The van der Waals surface area contributed by atoms with Gasteiger partial charge in [0.25, 0.3) is 0 Å². The maximum Gasteiger partial charge on any atom is 0.330 e. The van der Waals surface area contributed by atoms with Gasteiger partial charge in [-0.3, -0.25) is 9.59 Å². The van der Waals surface area contributed by atoms with Crippen LogP contribution in [0.1, 0.15) is 18.4 Å². The molecule has 2 heterocycles. The van der Waals surface area contributed by atoms with Gasteiger partial charge in [-0.2, -0.15) is 39.7 Å². The highest BCUT2D eigenvalue weighted by molar-refractivity contribution is 7.87. The number of fused-ring (bicyclic) bond motifs is 1. The Morgan fingerprint density at radius 3 is 2.40 bits per heavy atom. The molecule has 3 aromatic rings. The molecule has 1 aromatic heterocycles. The van der Waals surface area contributed by atoms with Crippen LogP contribution in [0.4, 0.5) is 19.3 Å². The predicted octanol–water partition coefficient (Wildman–Crippen LogP) is 2.47. The van der Waals surface area contributed by atoms with E-state index in [9.17, 15) is 31.6 Å². The van der Waals surface area contributed by atoms with Crippen molar-refractivity contribution in [3.05, 3.63) is 59.1 Å². The lowest BCUT2D eigenvalue weighted by molar-refractivity contribution is -0.132. The molecule has 2 N–H and O–H groups in total. The van der Waals surface area contributed by atoms with Gasteiger partial charge in [0.2, 0.25) is 11.8 Å². The zero-order valence-corrected chi connectivity index (χ0v) is 26.6. The van der Waals surface area contributed by atoms with E-state index in [1.807, 2.05) is 4.72 Å². The van der Waals surface area contributed by atoms with Crippen LogP contribution in [0, 0.1) is 11.6 Å². The lowest BCUT2D eigenvalue weighted by Crippen LogP contribution is -2.56. The summed E-state index contributed by atoms with van der Waals surface area (Å²) < 4.78 is 57.5. The van der Waals surface area contributed by atoms with Crippen LogP contribution < -0.4 is 14.9 Å². The molecule has 1 aliphatic rings. The summed E-state index contributed by atoms with van der Waals surface area (Å²) in [5, 5.41) is 2.33. The van der Waals surface area contributed by atoms with Crippen LogP contribution in [0.5, 0.6) is 0 Å². The molecule has 4 rings (SSSR count).